The number of carbonyl (C=O) groups is 2. The van der Waals surface area contributed by atoms with Crippen molar-refractivity contribution in [2.75, 3.05) is 0 Å². The van der Waals surface area contributed by atoms with Crippen LogP contribution in [0.25, 0.3) is 10.2 Å². The summed E-state index contributed by atoms with van der Waals surface area (Å²) < 4.78 is 1.93. The van der Waals surface area contributed by atoms with E-state index in [0.717, 1.165) is 20.1 Å². The van der Waals surface area contributed by atoms with Gasteiger partial charge in [-0.3, -0.25) is 14.5 Å². The van der Waals surface area contributed by atoms with E-state index >= 15 is 0 Å². The normalized spacial score (nSPS) is 17.8. The Morgan fingerprint density at radius 3 is 2.62 bits per heavy atom. The molecule has 4 nitrogen and oxygen atoms in total. The number of fused-ring (bicyclic) bond motifs is 1. The number of aromatic nitrogens is 1. The number of thioether (sulfide) groups is 1. The van der Waals surface area contributed by atoms with Gasteiger partial charge < -0.3 is 0 Å². The van der Waals surface area contributed by atoms with Gasteiger partial charge in [-0.2, -0.15) is 0 Å². The minimum atomic E-state index is -0.373. The van der Waals surface area contributed by atoms with Crippen LogP contribution in [0.4, 0.5) is 0 Å². The first-order valence-corrected chi connectivity index (χ1v) is 9.31. The Bertz CT molecular complexity index is 875. The van der Waals surface area contributed by atoms with Crippen molar-refractivity contribution in [3.05, 3.63) is 60.2 Å². The van der Waals surface area contributed by atoms with Gasteiger partial charge in [0.1, 0.15) is 0 Å². The molecule has 0 radical (unpaired) electrons. The van der Waals surface area contributed by atoms with Crippen LogP contribution >= 0.6 is 23.1 Å². The van der Waals surface area contributed by atoms with Crippen molar-refractivity contribution in [3.8, 4) is 0 Å². The molecule has 1 aliphatic heterocycles. The zero-order valence-corrected chi connectivity index (χ0v) is 14.3. The van der Waals surface area contributed by atoms with Gasteiger partial charge in [-0.1, -0.05) is 54.2 Å². The molecule has 2 aromatic carbocycles. The van der Waals surface area contributed by atoms with Gasteiger partial charge in [0, 0.05) is 6.42 Å². The van der Waals surface area contributed by atoms with Crippen LogP contribution < -0.4 is 0 Å². The molecule has 1 aromatic heterocycles. The summed E-state index contributed by atoms with van der Waals surface area (Å²) in [6, 6.07) is 17.5. The fourth-order valence-corrected chi connectivity index (χ4v) is 5.06. The Balaban J connectivity index is 1.50. The molecular weight excluding hydrogens is 340 g/mol. The molecular formula is C18H14N2O2S2. The topological polar surface area (TPSA) is 50.3 Å². The van der Waals surface area contributed by atoms with Gasteiger partial charge in [0.2, 0.25) is 11.8 Å². The highest BCUT2D eigenvalue weighted by Crippen LogP contribution is 2.36. The van der Waals surface area contributed by atoms with Gasteiger partial charge in [0.15, 0.2) is 4.34 Å². The van der Waals surface area contributed by atoms with E-state index in [-0.39, 0.29) is 23.5 Å². The van der Waals surface area contributed by atoms with Gasteiger partial charge in [-0.25, -0.2) is 4.98 Å². The second-order valence-corrected chi connectivity index (χ2v) is 8.04. The zero-order chi connectivity index (χ0) is 16.5. The van der Waals surface area contributed by atoms with Crippen LogP contribution in [0.1, 0.15) is 12.0 Å². The summed E-state index contributed by atoms with van der Waals surface area (Å²) in [5, 5.41) is -0.373. The maximum atomic E-state index is 12.6. The molecule has 3 aromatic rings. The zero-order valence-electron chi connectivity index (χ0n) is 12.7. The number of rotatable bonds is 4. The third-order valence-corrected chi connectivity index (χ3v) is 6.22. The van der Waals surface area contributed by atoms with E-state index in [4.69, 9.17) is 0 Å². The van der Waals surface area contributed by atoms with E-state index in [1.165, 1.54) is 16.7 Å². The lowest BCUT2D eigenvalue weighted by Crippen LogP contribution is -2.30. The van der Waals surface area contributed by atoms with Crippen molar-refractivity contribution < 1.29 is 9.59 Å². The van der Waals surface area contributed by atoms with Crippen LogP contribution in [0.3, 0.4) is 0 Å². The molecule has 0 aliphatic carbocycles. The Morgan fingerprint density at radius 2 is 1.83 bits per heavy atom. The molecule has 0 unspecified atom stereocenters. The average Bonchev–Trinajstić information content (AvgIpc) is 3.12. The number of para-hydroxylation sites is 1. The number of nitrogens with zero attached hydrogens (tertiary/aromatic N) is 2. The summed E-state index contributed by atoms with van der Waals surface area (Å²) in [4.78, 5) is 30.7. The van der Waals surface area contributed by atoms with Gasteiger partial charge >= 0.3 is 0 Å². The number of carbonyl (C=O) groups excluding carboxylic acids is 2. The molecule has 1 aliphatic rings. The van der Waals surface area contributed by atoms with E-state index in [1.54, 1.807) is 11.3 Å². The van der Waals surface area contributed by atoms with Crippen molar-refractivity contribution in [1.82, 2.24) is 9.88 Å². The first-order valence-electron chi connectivity index (χ1n) is 7.61. The minimum Gasteiger partial charge on any atom is -0.277 e. The quantitative estimate of drug-likeness (QED) is 0.670. The highest BCUT2D eigenvalue weighted by atomic mass is 32.2. The standard InChI is InChI=1S/C18H14N2O2S2/c21-16-10-15(17(22)20(16)11-12-6-2-1-3-7-12)24-18-19-13-8-4-5-9-14(13)23-18/h1-9,15H,10-11H2/t15-/m0/s1. The van der Waals surface area contributed by atoms with Crippen molar-refractivity contribution in [2.24, 2.45) is 0 Å². The summed E-state index contributed by atoms with van der Waals surface area (Å²) in [5.74, 6) is -0.226. The third-order valence-electron chi connectivity index (χ3n) is 3.90. The smallest absolute Gasteiger partial charge is 0.243 e. The highest BCUT2D eigenvalue weighted by molar-refractivity contribution is 8.02. The molecule has 0 saturated carbocycles. The van der Waals surface area contributed by atoms with Crippen LogP contribution in [0.5, 0.6) is 0 Å². The predicted molar refractivity (Wildman–Crippen MR) is 95.9 cm³/mol. The first kappa shape index (κ1) is 15.4. The summed E-state index contributed by atoms with van der Waals surface area (Å²) >= 11 is 2.96. The van der Waals surface area contributed by atoms with Gasteiger partial charge in [-0.05, 0) is 17.7 Å². The second-order valence-electron chi connectivity index (χ2n) is 5.56. The molecule has 4 rings (SSSR count). The average molecular weight is 354 g/mol. The minimum absolute atomic E-state index is 0.109. The summed E-state index contributed by atoms with van der Waals surface area (Å²) in [7, 11) is 0. The highest BCUT2D eigenvalue weighted by Gasteiger charge is 2.39. The Morgan fingerprint density at radius 1 is 1.08 bits per heavy atom. The fourth-order valence-electron chi connectivity index (χ4n) is 2.70. The van der Waals surface area contributed by atoms with Crippen LogP contribution in [0.2, 0.25) is 0 Å². The summed E-state index contributed by atoms with van der Waals surface area (Å²) in [6.07, 6.45) is 0.242. The monoisotopic (exact) mass is 354 g/mol. The molecule has 1 fully saturated rings. The Hall–Kier alpha value is -2.18. The predicted octanol–water partition coefficient (Wildman–Crippen LogP) is 3.72. The molecule has 24 heavy (non-hydrogen) atoms. The summed E-state index contributed by atoms with van der Waals surface area (Å²) in [6.45, 7) is 0.343. The molecule has 6 heteroatoms. The first-order chi connectivity index (χ1) is 11.7. The SMILES string of the molecule is O=C1C[C@H](Sc2nc3ccccc3s2)C(=O)N1Cc1ccccc1. The molecule has 0 N–H and O–H groups in total. The van der Waals surface area contributed by atoms with Crippen LogP contribution in [0, 0.1) is 0 Å². The van der Waals surface area contributed by atoms with Crippen molar-refractivity contribution in [3.63, 3.8) is 0 Å². The molecule has 2 heterocycles. The third kappa shape index (κ3) is 2.95. The maximum Gasteiger partial charge on any atom is 0.243 e. The number of benzene rings is 2. The molecule has 0 bridgehead atoms. The van der Waals surface area contributed by atoms with Crippen LogP contribution in [-0.4, -0.2) is 26.9 Å². The van der Waals surface area contributed by atoms with Gasteiger partial charge in [0.05, 0.1) is 22.0 Å². The Kier molecular flexibility index (Phi) is 4.08. The number of likely N-dealkylation sites (tertiary alicyclic amines) is 1. The maximum absolute atomic E-state index is 12.6. The number of thiazole rings is 1. The molecule has 0 spiro atoms. The number of hydrogen-bond acceptors (Lipinski definition) is 5. The van der Waals surface area contributed by atoms with Gasteiger partial charge in [0.25, 0.3) is 0 Å². The fraction of sp³-hybridized carbons (Fsp3) is 0.167. The number of amides is 2. The number of hydrogen-bond donors (Lipinski definition) is 0. The largest absolute Gasteiger partial charge is 0.277 e. The van der Waals surface area contributed by atoms with E-state index < -0.39 is 0 Å². The molecule has 120 valence electrons. The van der Waals surface area contributed by atoms with E-state index in [9.17, 15) is 9.59 Å². The van der Waals surface area contributed by atoms with E-state index in [0.29, 0.717) is 6.54 Å². The lowest BCUT2D eigenvalue weighted by Gasteiger charge is -2.14. The van der Waals surface area contributed by atoms with E-state index in [1.807, 2.05) is 54.6 Å². The van der Waals surface area contributed by atoms with Crippen molar-refractivity contribution in [1.29, 1.82) is 0 Å². The van der Waals surface area contributed by atoms with Crippen LogP contribution in [0.15, 0.2) is 58.9 Å². The molecule has 2 amide bonds. The van der Waals surface area contributed by atoms with E-state index in [2.05, 4.69) is 4.98 Å². The van der Waals surface area contributed by atoms with Gasteiger partial charge in [-0.15, -0.1) is 11.3 Å². The molecule has 1 atom stereocenters. The number of imide groups is 1. The summed E-state index contributed by atoms with van der Waals surface area (Å²) in [5.41, 5.74) is 1.90. The van der Waals surface area contributed by atoms with Crippen molar-refractivity contribution in [2.45, 2.75) is 22.6 Å². The van der Waals surface area contributed by atoms with Crippen LogP contribution in [-0.2, 0) is 16.1 Å². The lowest BCUT2D eigenvalue weighted by atomic mass is 10.2. The van der Waals surface area contributed by atoms with Crippen molar-refractivity contribution >= 4 is 45.1 Å². The second kappa shape index (κ2) is 6.37. The lowest BCUT2D eigenvalue weighted by molar-refractivity contribution is -0.138. The molecule has 1 saturated heterocycles. The Labute approximate surface area is 147 Å².